The summed E-state index contributed by atoms with van der Waals surface area (Å²) in [5, 5.41) is 3.60. The van der Waals surface area contributed by atoms with Crippen LogP contribution in [-0.2, 0) is 6.16 Å². The van der Waals surface area contributed by atoms with Crippen molar-refractivity contribution in [2.24, 2.45) is 0 Å². The summed E-state index contributed by atoms with van der Waals surface area (Å²) in [5.74, 6) is 0. The molecule has 1 N–H and O–H groups in total. The molecule has 0 radical (unpaired) electrons. The molecule has 1 aromatic rings. The van der Waals surface area contributed by atoms with E-state index in [2.05, 4.69) is 35.6 Å². The van der Waals surface area contributed by atoms with Gasteiger partial charge in [-0.3, -0.25) is 0 Å². The van der Waals surface area contributed by atoms with E-state index in [1.54, 1.807) is 5.56 Å². The van der Waals surface area contributed by atoms with Gasteiger partial charge in [0.2, 0.25) is 0 Å². The van der Waals surface area contributed by atoms with Crippen LogP contribution in [0.3, 0.4) is 0 Å². The molecule has 21 heavy (non-hydrogen) atoms. The Bertz CT molecular complexity index is 344. The van der Waals surface area contributed by atoms with Gasteiger partial charge in [-0.2, -0.15) is 0 Å². The molecule has 1 aliphatic rings. The lowest BCUT2D eigenvalue weighted by Gasteiger charge is -2.18. The number of nitrogens with one attached hydrogen (secondary N) is 1. The zero-order chi connectivity index (χ0) is 14.6. The summed E-state index contributed by atoms with van der Waals surface area (Å²) in [4.78, 5) is 0. The quantitative estimate of drug-likeness (QED) is 0.786. The molecule has 1 aliphatic heterocycles. The van der Waals surface area contributed by atoms with E-state index in [-0.39, 0.29) is 7.92 Å². The Labute approximate surface area is 135 Å². The second-order valence-corrected chi connectivity index (χ2v) is 11.3. The fourth-order valence-electron chi connectivity index (χ4n) is 2.70. The van der Waals surface area contributed by atoms with E-state index >= 15 is 0 Å². The van der Waals surface area contributed by atoms with Crippen LogP contribution in [0.2, 0.25) is 0 Å². The van der Waals surface area contributed by atoms with Gasteiger partial charge in [0.1, 0.15) is 0 Å². The number of hydrogen-bond donors (Lipinski definition) is 1. The molecule has 2 unspecified atom stereocenters. The van der Waals surface area contributed by atoms with Crippen LogP contribution in [0.25, 0.3) is 0 Å². The molecule has 1 fully saturated rings. The van der Waals surface area contributed by atoms with Crippen molar-refractivity contribution in [1.82, 2.24) is 5.32 Å². The number of hydrogen-bond acceptors (Lipinski definition) is 1. The van der Waals surface area contributed by atoms with Crippen LogP contribution in [0.5, 0.6) is 0 Å². The first-order chi connectivity index (χ1) is 10.4. The van der Waals surface area contributed by atoms with Crippen LogP contribution in [0.1, 0.15) is 18.4 Å². The van der Waals surface area contributed by atoms with Crippen molar-refractivity contribution in [2.45, 2.75) is 19.0 Å². The highest BCUT2D eigenvalue weighted by Crippen LogP contribution is 2.42. The molecule has 0 bridgehead atoms. The fourth-order valence-corrected chi connectivity index (χ4v) is 7.83. The van der Waals surface area contributed by atoms with Gasteiger partial charge in [0.15, 0.2) is 0 Å². The Morgan fingerprint density at radius 1 is 0.857 bits per heavy atom. The van der Waals surface area contributed by atoms with Gasteiger partial charge < -0.3 is 5.32 Å². The Morgan fingerprint density at radius 3 is 2.10 bits per heavy atom. The zero-order valence-electron chi connectivity index (χ0n) is 13.1. The largest absolute Gasteiger partial charge is 0.316 e. The minimum Gasteiger partial charge on any atom is -0.316 e. The molecule has 0 spiro atoms. The summed E-state index contributed by atoms with van der Waals surface area (Å²) in [7, 11) is 2.60. The summed E-state index contributed by atoms with van der Waals surface area (Å²) >= 11 is 0. The van der Waals surface area contributed by atoms with Crippen LogP contribution in [-0.4, -0.2) is 50.1 Å². The minimum absolute atomic E-state index is 0.237. The molecular weight excluding hydrogens is 311 g/mol. The van der Waals surface area contributed by atoms with Gasteiger partial charge in [0, 0.05) is 0 Å². The highest BCUT2D eigenvalue weighted by Gasteiger charge is 2.09. The molecule has 4 heteroatoms. The molecule has 0 aromatic heterocycles. The van der Waals surface area contributed by atoms with E-state index in [0.29, 0.717) is 0 Å². The molecule has 0 saturated carbocycles. The highest BCUT2D eigenvalue weighted by molar-refractivity contribution is 7.56. The van der Waals surface area contributed by atoms with Gasteiger partial charge in [-0.15, -0.1) is 25.1 Å². The standard InChI is InChI=1S/C17H30NP3/c1-2-6-17(7-3-1)16-21-14-4-10-19-12-8-18-9-13-20-11-5-15-21/h1-3,6-7,18-20H,4-5,8-16H2. The van der Waals surface area contributed by atoms with Gasteiger partial charge in [-0.25, -0.2) is 0 Å². The van der Waals surface area contributed by atoms with Crippen LogP contribution in [0.15, 0.2) is 30.3 Å². The Balaban J connectivity index is 1.78. The van der Waals surface area contributed by atoms with Crippen molar-refractivity contribution < 1.29 is 0 Å². The molecule has 2 rings (SSSR count). The lowest BCUT2D eigenvalue weighted by atomic mass is 10.2. The second-order valence-electron chi connectivity index (χ2n) is 5.72. The lowest BCUT2D eigenvalue weighted by Crippen LogP contribution is -2.19. The van der Waals surface area contributed by atoms with Gasteiger partial charge in [-0.05, 0) is 74.6 Å². The van der Waals surface area contributed by atoms with E-state index in [1.807, 2.05) is 0 Å². The van der Waals surface area contributed by atoms with E-state index in [1.165, 1.54) is 86.2 Å². The van der Waals surface area contributed by atoms with Crippen molar-refractivity contribution in [3.8, 4) is 0 Å². The van der Waals surface area contributed by atoms with Crippen molar-refractivity contribution in [3.63, 3.8) is 0 Å². The van der Waals surface area contributed by atoms with Gasteiger partial charge in [0.05, 0.1) is 0 Å². The van der Waals surface area contributed by atoms with E-state index < -0.39 is 0 Å². The molecule has 2 atom stereocenters. The van der Waals surface area contributed by atoms with E-state index in [9.17, 15) is 0 Å². The van der Waals surface area contributed by atoms with Crippen LogP contribution < -0.4 is 5.32 Å². The average molecular weight is 341 g/mol. The molecule has 1 aromatic carbocycles. The summed E-state index contributed by atoms with van der Waals surface area (Å²) in [6.07, 6.45) is 13.1. The molecule has 1 nitrogen and oxygen atoms in total. The molecule has 1 saturated heterocycles. The summed E-state index contributed by atoms with van der Waals surface area (Å²) in [6, 6.07) is 11.2. The molecule has 0 aliphatic carbocycles. The normalized spacial score (nSPS) is 25.6. The SMILES string of the molecule is c1ccc(CP2CCCPCCNCCPCCC2)cc1. The number of benzene rings is 1. The van der Waals surface area contributed by atoms with Gasteiger partial charge in [-0.1, -0.05) is 30.3 Å². The average Bonchev–Trinajstić information content (AvgIpc) is 2.52. The predicted molar refractivity (Wildman–Crippen MR) is 105 cm³/mol. The fraction of sp³-hybridized carbons (Fsp3) is 0.647. The first kappa shape index (κ1) is 17.8. The van der Waals surface area contributed by atoms with Crippen molar-refractivity contribution >= 4 is 25.1 Å². The van der Waals surface area contributed by atoms with Crippen LogP contribution >= 0.6 is 25.1 Å². The predicted octanol–water partition coefficient (Wildman–Crippen LogP) is 4.41. The maximum absolute atomic E-state index is 3.60. The van der Waals surface area contributed by atoms with Crippen molar-refractivity contribution in [2.75, 3.05) is 50.1 Å². The minimum atomic E-state index is 0.237. The van der Waals surface area contributed by atoms with E-state index in [4.69, 9.17) is 0 Å². The first-order valence-electron chi connectivity index (χ1n) is 8.33. The van der Waals surface area contributed by atoms with Crippen LogP contribution in [0, 0.1) is 0 Å². The summed E-state index contributed by atoms with van der Waals surface area (Å²) < 4.78 is 0. The smallest absolute Gasteiger partial charge is 0.00117 e. The monoisotopic (exact) mass is 341 g/mol. The third-order valence-corrected chi connectivity index (χ3v) is 9.19. The Kier molecular flexibility index (Phi) is 10.1. The maximum atomic E-state index is 3.60. The van der Waals surface area contributed by atoms with Gasteiger partial charge >= 0.3 is 0 Å². The third-order valence-electron chi connectivity index (χ3n) is 3.86. The van der Waals surface area contributed by atoms with Crippen molar-refractivity contribution in [3.05, 3.63) is 35.9 Å². The second kappa shape index (κ2) is 12.0. The third kappa shape index (κ3) is 8.62. The molecule has 118 valence electrons. The lowest BCUT2D eigenvalue weighted by molar-refractivity contribution is 0.771. The first-order valence-corrected chi connectivity index (χ1v) is 13.1. The Morgan fingerprint density at radius 2 is 1.48 bits per heavy atom. The van der Waals surface area contributed by atoms with Crippen LogP contribution in [0.4, 0.5) is 0 Å². The van der Waals surface area contributed by atoms with Crippen molar-refractivity contribution in [1.29, 1.82) is 0 Å². The topological polar surface area (TPSA) is 12.0 Å². The molecular formula is C17H30NP3. The molecule has 0 amide bonds. The Hall–Kier alpha value is 0.470. The molecule has 1 heterocycles. The summed E-state index contributed by atoms with van der Waals surface area (Å²) in [6.45, 7) is 2.50. The number of rotatable bonds is 2. The summed E-state index contributed by atoms with van der Waals surface area (Å²) in [5.41, 5.74) is 1.57. The maximum Gasteiger partial charge on any atom is -0.00117 e. The van der Waals surface area contributed by atoms with E-state index in [0.717, 1.165) is 0 Å². The zero-order valence-corrected chi connectivity index (χ0v) is 16.0. The highest BCUT2D eigenvalue weighted by atomic mass is 31.1. The van der Waals surface area contributed by atoms with Gasteiger partial charge in [0.25, 0.3) is 0 Å².